The first-order valence-corrected chi connectivity index (χ1v) is 4.86. The Morgan fingerprint density at radius 2 is 2.36 bits per heavy atom. The summed E-state index contributed by atoms with van der Waals surface area (Å²) in [5.41, 5.74) is 0.432. The maximum Gasteiger partial charge on any atom is 0.154 e. The molecule has 2 nitrogen and oxygen atoms in total. The van der Waals surface area contributed by atoms with Crippen LogP contribution in [0.4, 0.5) is 0 Å². The van der Waals surface area contributed by atoms with Crippen molar-refractivity contribution in [1.82, 2.24) is 4.98 Å². The van der Waals surface area contributed by atoms with Crippen LogP contribution in [0.5, 0.6) is 0 Å². The normalized spacial score (nSPS) is 9.73. The van der Waals surface area contributed by atoms with Gasteiger partial charge in [0.2, 0.25) is 0 Å². The van der Waals surface area contributed by atoms with Gasteiger partial charge in [0.25, 0.3) is 0 Å². The number of aldehydes is 1. The van der Waals surface area contributed by atoms with Crippen molar-refractivity contribution in [3.05, 3.63) is 25.0 Å². The Labute approximate surface area is 90.6 Å². The van der Waals surface area contributed by atoms with Gasteiger partial charge in [-0.2, -0.15) is 0 Å². The summed E-state index contributed by atoms with van der Waals surface area (Å²) in [7, 11) is 0. The molecule has 58 valence electrons. The van der Waals surface area contributed by atoms with Gasteiger partial charge in [-0.25, -0.2) is 4.98 Å². The quantitative estimate of drug-likeness (QED) is 0.445. The summed E-state index contributed by atoms with van der Waals surface area (Å²) in [4.78, 5) is 14.2. The summed E-state index contributed by atoms with van der Waals surface area (Å²) < 4.78 is 1.57. The molecular weight excluding hydrogens is 344 g/mol. The fourth-order valence-electron chi connectivity index (χ4n) is 0.559. The first-order chi connectivity index (χ1) is 5.16. The molecule has 0 fully saturated rings. The molecule has 1 rings (SSSR count). The Hall–Kier alpha value is 0.320. The van der Waals surface area contributed by atoms with Gasteiger partial charge in [0.1, 0.15) is 5.15 Å². The first kappa shape index (κ1) is 9.41. The molecule has 11 heavy (non-hydrogen) atoms. The van der Waals surface area contributed by atoms with E-state index < -0.39 is 0 Å². The van der Waals surface area contributed by atoms with Crippen molar-refractivity contribution in [3.63, 3.8) is 0 Å². The molecule has 0 radical (unpaired) electrons. The van der Waals surface area contributed by atoms with E-state index in [1.807, 2.05) is 22.6 Å². The van der Waals surface area contributed by atoms with E-state index >= 15 is 0 Å². The van der Waals surface area contributed by atoms with E-state index in [9.17, 15) is 4.79 Å². The van der Waals surface area contributed by atoms with Crippen molar-refractivity contribution in [1.29, 1.82) is 0 Å². The van der Waals surface area contributed by atoms with E-state index in [0.29, 0.717) is 11.8 Å². The topological polar surface area (TPSA) is 30.0 Å². The molecule has 1 aromatic heterocycles. The predicted octanol–water partition coefficient (Wildman–Crippen LogP) is 2.91. The fourth-order valence-corrected chi connectivity index (χ4v) is 1.74. The van der Waals surface area contributed by atoms with E-state index in [-0.39, 0.29) is 5.15 Å². The summed E-state index contributed by atoms with van der Waals surface area (Å²) in [5, 5.41) is 0.243. The number of hydrogen-bond donors (Lipinski definition) is 0. The maximum absolute atomic E-state index is 10.5. The van der Waals surface area contributed by atoms with Gasteiger partial charge in [-0.15, -0.1) is 0 Å². The Morgan fingerprint density at radius 1 is 1.73 bits per heavy atom. The molecule has 0 aliphatic rings. The van der Waals surface area contributed by atoms with Crippen LogP contribution in [0.25, 0.3) is 0 Å². The van der Waals surface area contributed by atoms with Crippen molar-refractivity contribution >= 4 is 56.4 Å². The highest BCUT2D eigenvalue weighted by atomic mass is 127. The maximum atomic E-state index is 10.5. The van der Waals surface area contributed by atoms with Crippen molar-refractivity contribution in [2.45, 2.75) is 0 Å². The van der Waals surface area contributed by atoms with E-state index in [0.717, 1.165) is 8.04 Å². The zero-order chi connectivity index (χ0) is 8.43. The second-order valence-electron chi connectivity index (χ2n) is 1.74. The zero-order valence-corrected chi connectivity index (χ0v) is 9.64. The molecule has 0 unspecified atom stereocenters. The first-order valence-electron chi connectivity index (χ1n) is 2.61. The van der Waals surface area contributed by atoms with Gasteiger partial charge < -0.3 is 0 Å². The van der Waals surface area contributed by atoms with Crippen LogP contribution in [0, 0.1) is 3.57 Å². The molecule has 0 bridgehead atoms. The standard InChI is InChI=1S/C6H2BrClINO/c7-4-1-10-6(8)3(2-11)5(4)9/h1-2H. The van der Waals surface area contributed by atoms with Crippen molar-refractivity contribution in [2.75, 3.05) is 0 Å². The fraction of sp³-hybridized carbons (Fsp3) is 0. The van der Waals surface area contributed by atoms with Gasteiger partial charge in [-0.05, 0) is 38.5 Å². The molecular formula is C6H2BrClINO. The number of rotatable bonds is 1. The van der Waals surface area contributed by atoms with Crippen LogP contribution in [-0.4, -0.2) is 11.3 Å². The molecule has 5 heteroatoms. The summed E-state index contributed by atoms with van der Waals surface area (Å²) in [5.74, 6) is 0. The van der Waals surface area contributed by atoms with Crippen LogP contribution in [0.1, 0.15) is 10.4 Å². The molecule has 0 aliphatic carbocycles. The third kappa shape index (κ3) is 1.91. The number of nitrogens with zero attached hydrogens (tertiary/aromatic N) is 1. The van der Waals surface area contributed by atoms with Crippen molar-refractivity contribution in [2.24, 2.45) is 0 Å². The van der Waals surface area contributed by atoms with Gasteiger partial charge in [-0.3, -0.25) is 4.79 Å². The van der Waals surface area contributed by atoms with Crippen LogP contribution in [0.3, 0.4) is 0 Å². The highest BCUT2D eigenvalue weighted by Gasteiger charge is 2.07. The van der Waals surface area contributed by atoms with Crippen molar-refractivity contribution < 1.29 is 4.79 Å². The van der Waals surface area contributed by atoms with E-state index in [2.05, 4.69) is 20.9 Å². The molecule has 0 aromatic carbocycles. The van der Waals surface area contributed by atoms with E-state index in [4.69, 9.17) is 11.6 Å². The van der Waals surface area contributed by atoms with Gasteiger partial charge >= 0.3 is 0 Å². The minimum absolute atomic E-state index is 0.243. The molecule has 0 N–H and O–H groups in total. The lowest BCUT2D eigenvalue weighted by atomic mass is 10.3. The smallest absolute Gasteiger partial charge is 0.154 e. The summed E-state index contributed by atoms with van der Waals surface area (Å²) in [6.45, 7) is 0. The number of halogens is 3. The average molecular weight is 346 g/mol. The Morgan fingerprint density at radius 3 is 2.82 bits per heavy atom. The highest BCUT2D eigenvalue weighted by Crippen LogP contribution is 2.24. The number of carbonyl (C=O) groups is 1. The van der Waals surface area contributed by atoms with Crippen LogP contribution < -0.4 is 0 Å². The summed E-state index contributed by atoms with van der Waals surface area (Å²) >= 11 is 10.9. The summed E-state index contributed by atoms with van der Waals surface area (Å²) in [6.07, 6.45) is 2.26. The predicted molar refractivity (Wildman–Crippen MR) is 55.1 cm³/mol. The monoisotopic (exact) mass is 345 g/mol. The minimum atomic E-state index is 0.243. The molecule has 0 saturated carbocycles. The Kier molecular flexibility index (Phi) is 3.27. The lowest BCUT2D eigenvalue weighted by Crippen LogP contribution is -1.91. The second-order valence-corrected chi connectivity index (χ2v) is 4.03. The Balaban J connectivity index is 3.40. The minimum Gasteiger partial charge on any atom is -0.298 e. The lowest BCUT2D eigenvalue weighted by molar-refractivity contribution is 0.112. The molecule has 1 heterocycles. The number of hydrogen-bond acceptors (Lipinski definition) is 2. The van der Waals surface area contributed by atoms with Crippen LogP contribution in [-0.2, 0) is 0 Å². The number of pyridine rings is 1. The highest BCUT2D eigenvalue weighted by molar-refractivity contribution is 14.1. The molecule has 0 spiro atoms. The SMILES string of the molecule is O=Cc1c(Cl)ncc(Br)c1I. The van der Waals surface area contributed by atoms with Crippen LogP contribution in [0.2, 0.25) is 5.15 Å². The largest absolute Gasteiger partial charge is 0.298 e. The number of aromatic nitrogens is 1. The molecule has 0 atom stereocenters. The third-order valence-corrected chi connectivity index (χ3v) is 3.88. The summed E-state index contributed by atoms with van der Waals surface area (Å²) in [6, 6.07) is 0. The average Bonchev–Trinajstić information content (AvgIpc) is 1.99. The van der Waals surface area contributed by atoms with Gasteiger partial charge in [-0.1, -0.05) is 11.6 Å². The second kappa shape index (κ2) is 3.82. The van der Waals surface area contributed by atoms with E-state index in [1.54, 1.807) is 6.20 Å². The molecule has 0 amide bonds. The van der Waals surface area contributed by atoms with Gasteiger partial charge in [0.05, 0.1) is 10.0 Å². The third-order valence-electron chi connectivity index (χ3n) is 1.08. The molecule has 0 aliphatic heterocycles. The zero-order valence-electron chi connectivity index (χ0n) is 5.14. The Bertz CT molecular complexity index is 305. The molecule has 1 aromatic rings. The van der Waals surface area contributed by atoms with Crippen molar-refractivity contribution in [3.8, 4) is 0 Å². The lowest BCUT2D eigenvalue weighted by Gasteiger charge is -1.99. The van der Waals surface area contributed by atoms with Gasteiger partial charge in [0.15, 0.2) is 6.29 Å². The number of carbonyl (C=O) groups excluding carboxylic acids is 1. The molecule has 0 saturated heterocycles. The van der Waals surface area contributed by atoms with E-state index in [1.165, 1.54) is 0 Å². The van der Waals surface area contributed by atoms with Crippen LogP contribution >= 0.6 is 50.1 Å². The van der Waals surface area contributed by atoms with Crippen LogP contribution in [0.15, 0.2) is 10.7 Å². The van der Waals surface area contributed by atoms with Gasteiger partial charge in [0, 0.05) is 9.77 Å².